The van der Waals surface area contributed by atoms with Crippen LogP contribution in [0.2, 0.25) is 0 Å². The van der Waals surface area contributed by atoms with Crippen molar-refractivity contribution < 1.29 is 4.74 Å². The zero-order valence-corrected chi connectivity index (χ0v) is 15.2. The lowest BCUT2D eigenvalue weighted by Crippen LogP contribution is -2.42. The van der Waals surface area contributed by atoms with Gasteiger partial charge in [0.2, 0.25) is 0 Å². The van der Waals surface area contributed by atoms with E-state index in [0.717, 1.165) is 29.4 Å². The predicted octanol–water partition coefficient (Wildman–Crippen LogP) is 2.20. The third-order valence-corrected chi connectivity index (χ3v) is 3.72. The molecule has 0 bridgehead atoms. The zero-order chi connectivity index (χ0) is 17.5. The second-order valence-corrected chi connectivity index (χ2v) is 6.00. The van der Waals surface area contributed by atoms with E-state index in [1.54, 1.807) is 11.7 Å². The molecule has 0 saturated carbocycles. The van der Waals surface area contributed by atoms with Crippen LogP contribution in [0.15, 0.2) is 41.7 Å². The molecule has 6 heteroatoms. The van der Waals surface area contributed by atoms with Crippen molar-refractivity contribution in [3.63, 3.8) is 0 Å². The SMILES string of the molecule is CN=C(NCC(C)Oc1ccccc1C)N(C)Cc1cnn(C)c1. The van der Waals surface area contributed by atoms with Crippen LogP contribution in [0.25, 0.3) is 0 Å². The molecule has 0 spiro atoms. The summed E-state index contributed by atoms with van der Waals surface area (Å²) in [4.78, 5) is 6.40. The van der Waals surface area contributed by atoms with Gasteiger partial charge < -0.3 is 15.0 Å². The van der Waals surface area contributed by atoms with E-state index in [1.165, 1.54) is 0 Å². The van der Waals surface area contributed by atoms with Crippen LogP contribution >= 0.6 is 0 Å². The van der Waals surface area contributed by atoms with E-state index in [-0.39, 0.29) is 6.10 Å². The molecule has 130 valence electrons. The van der Waals surface area contributed by atoms with Crippen LogP contribution in [0, 0.1) is 6.92 Å². The largest absolute Gasteiger partial charge is 0.489 e. The zero-order valence-electron chi connectivity index (χ0n) is 15.2. The summed E-state index contributed by atoms with van der Waals surface area (Å²) in [5, 5.41) is 7.55. The lowest BCUT2D eigenvalue weighted by Gasteiger charge is -2.23. The van der Waals surface area contributed by atoms with E-state index in [2.05, 4.69) is 33.3 Å². The third kappa shape index (κ3) is 5.01. The number of aryl methyl sites for hydroxylation is 2. The first-order chi connectivity index (χ1) is 11.5. The molecule has 1 N–H and O–H groups in total. The van der Waals surface area contributed by atoms with Crippen molar-refractivity contribution >= 4 is 5.96 Å². The van der Waals surface area contributed by atoms with Gasteiger partial charge in [-0.3, -0.25) is 9.67 Å². The normalized spacial score (nSPS) is 12.8. The number of rotatable bonds is 6. The highest BCUT2D eigenvalue weighted by atomic mass is 16.5. The highest BCUT2D eigenvalue weighted by molar-refractivity contribution is 5.79. The van der Waals surface area contributed by atoms with Gasteiger partial charge in [0.05, 0.1) is 12.7 Å². The summed E-state index contributed by atoms with van der Waals surface area (Å²) >= 11 is 0. The molecular weight excluding hydrogens is 302 g/mol. The number of hydrogen-bond donors (Lipinski definition) is 1. The Hall–Kier alpha value is -2.50. The van der Waals surface area contributed by atoms with Gasteiger partial charge >= 0.3 is 0 Å². The number of nitrogens with zero attached hydrogens (tertiary/aromatic N) is 4. The van der Waals surface area contributed by atoms with Crippen LogP contribution in [0.4, 0.5) is 0 Å². The molecule has 1 heterocycles. The first-order valence-corrected chi connectivity index (χ1v) is 8.11. The molecule has 1 atom stereocenters. The molecule has 1 unspecified atom stereocenters. The van der Waals surface area contributed by atoms with Crippen molar-refractivity contribution in [3.05, 3.63) is 47.8 Å². The minimum absolute atomic E-state index is 0.0367. The Labute approximate surface area is 144 Å². The van der Waals surface area contributed by atoms with E-state index >= 15 is 0 Å². The van der Waals surface area contributed by atoms with Crippen LogP contribution in [0.3, 0.4) is 0 Å². The third-order valence-electron chi connectivity index (χ3n) is 3.72. The number of benzene rings is 1. The maximum absolute atomic E-state index is 5.99. The predicted molar refractivity (Wildman–Crippen MR) is 97.3 cm³/mol. The van der Waals surface area contributed by atoms with Crippen LogP contribution < -0.4 is 10.1 Å². The number of guanidine groups is 1. The number of aromatic nitrogens is 2. The number of ether oxygens (including phenoxy) is 1. The molecule has 1 aromatic heterocycles. The molecule has 0 aliphatic carbocycles. The fraction of sp³-hybridized carbons (Fsp3) is 0.444. The van der Waals surface area contributed by atoms with E-state index in [4.69, 9.17) is 4.74 Å². The van der Waals surface area contributed by atoms with E-state index in [1.807, 2.05) is 51.6 Å². The minimum Gasteiger partial charge on any atom is -0.489 e. The van der Waals surface area contributed by atoms with Crippen LogP contribution in [0.5, 0.6) is 5.75 Å². The van der Waals surface area contributed by atoms with Crippen molar-refractivity contribution in [1.82, 2.24) is 20.0 Å². The van der Waals surface area contributed by atoms with Crippen LogP contribution in [0.1, 0.15) is 18.1 Å². The summed E-state index contributed by atoms with van der Waals surface area (Å²) in [7, 11) is 5.71. The first kappa shape index (κ1) is 17.8. The summed E-state index contributed by atoms with van der Waals surface area (Å²) < 4.78 is 7.80. The van der Waals surface area contributed by atoms with Crippen LogP contribution in [-0.4, -0.2) is 47.4 Å². The van der Waals surface area contributed by atoms with Gasteiger partial charge in [0.1, 0.15) is 11.9 Å². The quantitative estimate of drug-likeness (QED) is 0.652. The molecule has 0 amide bonds. The molecule has 0 radical (unpaired) electrons. The Balaban J connectivity index is 1.85. The molecule has 24 heavy (non-hydrogen) atoms. The molecule has 0 fully saturated rings. The van der Waals surface area contributed by atoms with Gasteiger partial charge in [0.15, 0.2) is 5.96 Å². The summed E-state index contributed by atoms with van der Waals surface area (Å²) in [5.74, 6) is 1.75. The van der Waals surface area contributed by atoms with Gasteiger partial charge in [-0.05, 0) is 25.5 Å². The highest BCUT2D eigenvalue weighted by Gasteiger charge is 2.11. The summed E-state index contributed by atoms with van der Waals surface area (Å²) in [6.45, 7) is 5.53. The summed E-state index contributed by atoms with van der Waals surface area (Å²) in [6.07, 6.45) is 3.91. The van der Waals surface area contributed by atoms with Gasteiger partial charge in [-0.25, -0.2) is 0 Å². The second kappa shape index (κ2) is 8.38. The van der Waals surface area contributed by atoms with Gasteiger partial charge in [0.25, 0.3) is 0 Å². The van der Waals surface area contributed by atoms with E-state index in [9.17, 15) is 0 Å². The standard InChI is InChI=1S/C18H27N5O/c1-14-8-6-7-9-17(14)24-15(2)10-20-18(19-3)22(4)12-16-11-21-23(5)13-16/h6-9,11,13,15H,10,12H2,1-5H3,(H,19,20). The molecule has 1 aromatic carbocycles. The smallest absolute Gasteiger partial charge is 0.193 e. The first-order valence-electron chi connectivity index (χ1n) is 8.11. The van der Waals surface area contributed by atoms with Crippen molar-refractivity contribution in [2.24, 2.45) is 12.0 Å². The Morgan fingerprint density at radius 2 is 2.17 bits per heavy atom. The van der Waals surface area contributed by atoms with Crippen molar-refractivity contribution in [3.8, 4) is 5.75 Å². The molecule has 0 aliphatic heterocycles. The fourth-order valence-electron chi connectivity index (χ4n) is 2.47. The lowest BCUT2D eigenvalue weighted by atomic mass is 10.2. The topological polar surface area (TPSA) is 54.7 Å². The Morgan fingerprint density at radius 1 is 1.42 bits per heavy atom. The number of nitrogens with one attached hydrogen (secondary N) is 1. The van der Waals surface area contributed by atoms with Crippen molar-refractivity contribution in [2.75, 3.05) is 20.6 Å². The minimum atomic E-state index is 0.0367. The molecule has 6 nitrogen and oxygen atoms in total. The molecule has 0 aliphatic rings. The number of aliphatic imine (C=N–C) groups is 1. The molecular formula is C18H27N5O. The molecule has 2 rings (SSSR count). The van der Waals surface area contributed by atoms with E-state index in [0.29, 0.717) is 6.54 Å². The summed E-state index contributed by atoms with van der Waals surface area (Å²) in [5.41, 5.74) is 2.29. The van der Waals surface area contributed by atoms with Gasteiger partial charge in [-0.2, -0.15) is 5.10 Å². The monoisotopic (exact) mass is 329 g/mol. The Morgan fingerprint density at radius 3 is 2.79 bits per heavy atom. The average molecular weight is 329 g/mol. The van der Waals surface area contributed by atoms with Crippen LogP contribution in [-0.2, 0) is 13.6 Å². The second-order valence-electron chi connectivity index (χ2n) is 6.00. The Bertz CT molecular complexity index is 680. The summed E-state index contributed by atoms with van der Waals surface area (Å²) in [6, 6.07) is 8.05. The maximum Gasteiger partial charge on any atom is 0.193 e. The number of hydrogen-bond acceptors (Lipinski definition) is 3. The van der Waals surface area contributed by atoms with Gasteiger partial charge in [-0.15, -0.1) is 0 Å². The number of para-hydroxylation sites is 1. The fourth-order valence-corrected chi connectivity index (χ4v) is 2.47. The van der Waals surface area contributed by atoms with Gasteiger partial charge in [0, 0.05) is 39.4 Å². The van der Waals surface area contributed by atoms with E-state index < -0.39 is 0 Å². The molecule has 2 aromatic rings. The highest BCUT2D eigenvalue weighted by Crippen LogP contribution is 2.17. The average Bonchev–Trinajstić information content (AvgIpc) is 2.95. The Kier molecular flexibility index (Phi) is 6.23. The lowest BCUT2D eigenvalue weighted by molar-refractivity contribution is 0.221. The maximum atomic E-state index is 5.99. The van der Waals surface area contributed by atoms with Crippen molar-refractivity contribution in [1.29, 1.82) is 0 Å². The van der Waals surface area contributed by atoms with Crippen molar-refractivity contribution in [2.45, 2.75) is 26.5 Å². The van der Waals surface area contributed by atoms with Gasteiger partial charge in [-0.1, -0.05) is 18.2 Å². The molecule has 0 saturated heterocycles.